The molecule has 5 rings (SSSR count). The number of hydrogen-bond donors (Lipinski definition) is 1. The van der Waals surface area contributed by atoms with Gasteiger partial charge in [-0.2, -0.15) is 47.9 Å². The minimum Gasteiger partial charge on any atom is -0.281 e. The minimum absolute atomic E-state index is 0.792. The van der Waals surface area contributed by atoms with E-state index in [1.807, 2.05) is 12.1 Å². The Bertz CT molecular complexity index is 1760. The van der Waals surface area contributed by atoms with E-state index < -0.39 is 33.4 Å². The van der Waals surface area contributed by atoms with E-state index in [-0.39, 0.29) is 0 Å². The molecule has 0 spiro atoms. The van der Waals surface area contributed by atoms with Gasteiger partial charge in [0.15, 0.2) is 0 Å². The van der Waals surface area contributed by atoms with Gasteiger partial charge < -0.3 is 0 Å². The van der Waals surface area contributed by atoms with Crippen molar-refractivity contribution in [2.45, 2.75) is 29.7 Å². The Labute approximate surface area is 244 Å². The van der Waals surface area contributed by atoms with Crippen LogP contribution in [0, 0.1) is 0 Å². The lowest BCUT2D eigenvalue weighted by atomic mass is 9.88. The molecule has 4 aromatic rings. The summed E-state index contributed by atoms with van der Waals surface area (Å²) in [5.74, 6) is -14.7. The van der Waals surface area contributed by atoms with Crippen LogP contribution in [0.4, 0.5) is 39.5 Å². The number of benzene rings is 4. The van der Waals surface area contributed by atoms with Crippen LogP contribution in [0.5, 0.6) is 0 Å². The third kappa shape index (κ3) is 5.61. The van der Waals surface area contributed by atoms with Crippen LogP contribution in [-0.2, 0) is 16.5 Å². The molecule has 4 aromatic carbocycles. The molecule has 0 aromatic heterocycles. The average molecular weight is 653 g/mol. The molecule has 0 atom stereocenters. The molecule has 1 N–H and O–H groups in total. The van der Waals surface area contributed by atoms with Crippen LogP contribution in [0.25, 0.3) is 33.4 Å². The van der Waals surface area contributed by atoms with Crippen molar-refractivity contribution in [1.82, 2.24) is 0 Å². The van der Waals surface area contributed by atoms with Gasteiger partial charge in [0, 0.05) is 10.6 Å². The number of halogens is 10. The predicted molar refractivity (Wildman–Crippen MR) is 143 cm³/mol. The lowest BCUT2D eigenvalue weighted by molar-refractivity contribution is -0.382. The Morgan fingerprint density at radius 2 is 1.12 bits per heavy atom. The summed E-state index contributed by atoms with van der Waals surface area (Å²) in [6.07, 6.45) is -6.17. The van der Waals surface area contributed by atoms with Gasteiger partial charge in [0.2, 0.25) is 0 Å². The van der Waals surface area contributed by atoms with Gasteiger partial charge in [-0.05, 0) is 51.4 Å². The largest absolute Gasteiger partial charge is 0.460 e. The lowest BCUT2D eigenvalue weighted by Gasteiger charge is -2.31. The molecule has 1 aliphatic carbocycles. The number of fused-ring (bicyclic) bond motifs is 3. The maximum atomic E-state index is 12.2. The molecule has 1 aliphatic rings. The highest BCUT2D eigenvalue weighted by Gasteiger charge is 2.85. The summed E-state index contributed by atoms with van der Waals surface area (Å²) in [6, 6.07) is 32.0. The summed E-state index contributed by atoms with van der Waals surface area (Å²) in [7, 11) is -7.17. The summed E-state index contributed by atoms with van der Waals surface area (Å²) in [6.45, 7) is 0. The topological polar surface area (TPSA) is 54.4 Å². The minimum atomic E-state index is -7.37. The third-order valence-corrected chi connectivity index (χ3v) is 7.89. The number of alkyl halides is 9. The van der Waals surface area contributed by atoms with Gasteiger partial charge in [-0.25, -0.2) is 0 Å². The molecule has 0 saturated carbocycles. The maximum Gasteiger partial charge on any atom is 0.460 e. The molecule has 0 heterocycles. The van der Waals surface area contributed by atoms with Gasteiger partial charge in [-0.1, -0.05) is 96.5 Å². The molecular formula is C29H18ClF9O3S. The zero-order chi connectivity index (χ0) is 32.0. The molecule has 0 bridgehead atoms. The predicted octanol–water partition coefficient (Wildman–Crippen LogP) is 9.55. The van der Waals surface area contributed by atoms with E-state index >= 15 is 0 Å². The maximum absolute atomic E-state index is 12.2. The van der Waals surface area contributed by atoms with Crippen molar-refractivity contribution < 1.29 is 52.5 Å². The van der Waals surface area contributed by atoms with Gasteiger partial charge in [-0.3, -0.25) is 4.55 Å². The Morgan fingerprint density at radius 1 is 0.605 bits per heavy atom. The number of rotatable bonds is 5. The molecule has 0 unspecified atom stereocenters. The van der Waals surface area contributed by atoms with Gasteiger partial charge in [0.1, 0.15) is 0 Å². The van der Waals surface area contributed by atoms with E-state index in [4.69, 9.17) is 16.2 Å². The molecule has 228 valence electrons. The van der Waals surface area contributed by atoms with E-state index in [1.54, 1.807) is 0 Å². The smallest absolute Gasteiger partial charge is 0.281 e. The van der Waals surface area contributed by atoms with E-state index in [9.17, 15) is 47.9 Å². The van der Waals surface area contributed by atoms with Crippen LogP contribution in [0.15, 0.2) is 91.0 Å². The third-order valence-electron chi connectivity index (χ3n) is 6.65. The van der Waals surface area contributed by atoms with Crippen molar-refractivity contribution in [3.05, 3.63) is 107 Å². The second-order valence-electron chi connectivity index (χ2n) is 9.33. The molecule has 0 aliphatic heterocycles. The first-order valence-corrected chi connectivity index (χ1v) is 13.9. The fraction of sp³-hybridized carbons (Fsp3) is 0.172. The van der Waals surface area contributed by atoms with Crippen molar-refractivity contribution in [2.75, 3.05) is 0 Å². The molecule has 3 nitrogen and oxygen atoms in total. The second kappa shape index (κ2) is 11.2. The molecule has 43 heavy (non-hydrogen) atoms. The van der Waals surface area contributed by atoms with Crippen LogP contribution in [-0.4, -0.2) is 36.2 Å². The normalized spacial score (nSPS) is 13.6. The Balaban J connectivity index is 0.000000219. The zero-order valence-electron chi connectivity index (χ0n) is 21.3. The van der Waals surface area contributed by atoms with Crippen LogP contribution >= 0.6 is 11.6 Å². The van der Waals surface area contributed by atoms with Crippen LogP contribution in [0.2, 0.25) is 5.02 Å². The van der Waals surface area contributed by atoms with E-state index in [2.05, 4.69) is 78.9 Å². The molecule has 0 radical (unpaired) electrons. The fourth-order valence-corrected chi connectivity index (χ4v) is 5.26. The van der Waals surface area contributed by atoms with Crippen molar-refractivity contribution in [1.29, 1.82) is 0 Å². The first-order valence-electron chi connectivity index (χ1n) is 12.0. The first kappa shape index (κ1) is 32.4. The second-order valence-corrected chi connectivity index (χ2v) is 11.2. The van der Waals surface area contributed by atoms with Gasteiger partial charge in [0.25, 0.3) is 0 Å². The summed E-state index contributed by atoms with van der Waals surface area (Å²) in [4.78, 5) is 0. The quantitative estimate of drug-likeness (QED) is 0.152. The summed E-state index contributed by atoms with van der Waals surface area (Å²) in [5.41, 5.74) is 10.3. The Kier molecular flexibility index (Phi) is 8.42. The van der Waals surface area contributed by atoms with Crippen molar-refractivity contribution >= 4 is 21.7 Å². The van der Waals surface area contributed by atoms with Crippen LogP contribution < -0.4 is 0 Å². The van der Waals surface area contributed by atoms with Crippen molar-refractivity contribution in [3.63, 3.8) is 0 Å². The van der Waals surface area contributed by atoms with Crippen molar-refractivity contribution in [3.8, 4) is 33.4 Å². The fourth-order valence-electron chi connectivity index (χ4n) is 4.57. The molecule has 0 amide bonds. The average Bonchev–Trinajstić information content (AvgIpc) is 3.31. The van der Waals surface area contributed by atoms with E-state index in [0.29, 0.717) is 0 Å². The Morgan fingerprint density at radius 3 is 1.67 bits per heavy atom. The number of hydrogen-bond acceptors (Lipinski definition) is 2. The highest BCUT2D eigenvalue weighted by molar-refractivity contribution is 7.87. The summed E-state index contributed by atoms with van der Waals surface area (Å²) >= 11 is 6.56. The lowest BCUT2D eigenvalue weighted by Crippen LogP contribution is -2.63. The molecule has 14 heteroatoms. The highest BCUT2D eigenvalue weighted by Crippen LogP contribution is 2.54. The molecule has 0 fully saturated rings. The van der Waals surface area contributed by atoms with Gasteiger partial charge in [-0.15, -0.1) is 0 Å². The standard InChI is InChI=1S/C25H17Cl.C4HF9O3S/c26-24-13-7-6-12-21(24)22-15-14-20-19-11-5-4-10-18(19)16-23(20)25(22)17-8-2-1-3-9-17;5-1(6,3(9,10)11)2(7,8)4(12,13)17(14,15)16/h1-15H,16H2;(H,14,15,16). The molecular weight excluding hydrogens is 635 g/mol. The summed E-state index contributed by atoms with van der Waals surface area (Å²) < 4.78 is 134. The van der Waals surface area contributed by atoms with Gasteiger partial charge in [0.05, 0.1) is 0 Å². The van der Waals surface area contributed by atoms with Crippen LogP contribution in [0.1, 0.15) is 11.1 Å². The van der Waals surface area contributed by atoms with E-state index in [1.165, 1.54) is 38.9 Å². The van der Waals surface area contributed by atoms with Gasteiger partial charge >= 0.3 is 33.4 Å². The zero-order valence-corrected chi connectivity index (χ0v) is 22.9. The highest BCUT2D eigenvalue weighted by atomic mass is 35.5. The Hall–Kier alpha value is -3.55. The van der Waals surface area contributed by atoms with Crippen LogP contribution in [0.3, 0.4) is 0 Å². The molecule has 0 saturated heterocycles. The van der Waals surface area contributed by atoms with E-state index in [0.717, 1.165) is 17.0 Å². The van der Waals surface area contributed by atoms with Crippen molar-refractivity contribution in [2.24, 2.45) is 0 Å². The summed E-state index contributed by atoms with van der Waals surface area (Å²) in [5, 5.41) is -6.21. The first-order chi connectivity index (χ1) is 19.8. The monoisotopic (exact) mass is 652 g/mol. The SMILES string of the molecule is Clc1ccccc1-c1ccc2c(c1-c1ccccc1)Cc1ccccc1-2.O=S(=O)(O)C(F)(F)C(F)(F)C(F)(F)C(F)(F)F.